The van der Waals surface area contributed by atoms with E-state index in [0.29, 0.717) is 38.4 Å². The van der Waals surface area contributed by atoms with Gasteiger partial charge in [0.25, 0.3) is 11.8 Å². The molecule has 7 heteroatoms. The number of unbranched alkanes of at least 4 members (excludes halogenated alkanes) is 1. The topological polar surface area (TPSA) is 57.6 Å². The van der Waals surface area contributed by atoms with Crippen molar-refractivity contribution in [2.45, 2.75) is 19.8 Å². The van der Waals surface area contributed by atoms with Crippen LogP contribution in [-0.2, 0) is 9.59 Å². The second kappa shape index (κ2) is 8.20. The minimum Gasteiger partial charge on any atom is -0.396 e. The van der Waals surface area contributed by atoms with Crippen LogP contribution in [0.4, 0.5) is 0 Å². The molecule has 1 N–H and O–H groups in total. The van der Waals surface area contributed by atoms with Crippen molar-refractivity contribution < 1.29 is 14.7 Å². The Labute approximate surface area is 149 Å². The molecule has 23 heavy (non-hydrogen) atoms. The summed E-state index contributed by atoms with van der Waals surface area (Å²) in [6, 6.07) is 4.83. The molecule has 1 heterocycles. The van der Waals surface area contributed by atoms with Gasteiger partial charge in [0.05, 0.1) is 22.1 Å². The lowest BCUT2D eigenvalue weighted by molar-refractivity contribution is -0.136. The zero-order chi connectivity index (χ0) is 17.0. The van der Waals surface area contributed by atoms with Gasteiger partial charge in [-0.25, -0.2) is 0 Å². The van der Waals surface area contributed by atoms with E-state index in [-0.39, 0.29) is 18.4 Å². The van der Waals surface area contributed by atoms with E-state index in [1.54, 1.807) is 18.2 Å². The summed E-state index contributed by atoms with van der Waals surface area (Å²) in [6.07, 6.45) is 1.63. The third kappa shape index (κ3) is 3.91. The summed E-state index contributed by atoms with van der Waals surface area (Å²) in [5.41, 5.74) is 0.792. The normalized spacial score (nSPS) is 15.0. The summed E-state index contributed by atoms with van der Waals surface area (Å²) >= 11 is 13.3. The number of hydrogen-bond donors (Lipinski definition) is 1. The van der Waals surface area contributed by atoms with Gasteiger partial charge in [0, 0.05) is 22.9 Å². The van der Waals surface area contributed by atoms with E-state index in [1.807, 2.05) is 6.92 Å². The van der Waals surface area contributed by atoms with Crippen LogP contribution in [0.15, 0.2) is 23.1 Å². The molecule has 0 saturated carbocycles. The molecule has 1 aromatic carbocycles. The van der Waals surface area contributed by atoms with Crippen molar-refractivity contribution >= 4 is 52.4 Å². The van der Waals surface area contributed by atoms with Crippen molar-refractivity contribution in [1.29, 1.82) is 0 Å². The minimum atomic E-state index is -0.340. The average Bonchev–Trinajstić information content (AvgIpc) is 2.74. The van der Waals surface area contributed by atoms with Crippen LogP contribution in [0, 0.1) is 0 Å². The lowest BCUT2D eigenvalue weighted by atomic mass is 10.1. The van der Waals surface area contributed by atoms with E-state index < -0.39 is 0 Å². The molecular weight excluding hydrogens is 357 g/mol. The maximum atomic E-state index is 12.7. The number of aliphatic hydroxyl groups excluding tert-OH is 1. The third-order valence-electron chi connectivity index (χ3n) is 3.40. The summed E-state index contributed by atoms with van der Waals surface area (Å²) in [5, 5.41) is 9.83. The third-order valence-corrected chi connectivity index (χ3v) is 5.00. The molecule has 0 bridgehead atoms. The molecule has 0 aromatic heterocycles. The summed E-state index contributed by atoms with van der Waals surface area (Å²) in [6.45, 7) is 2.30. The van der Waals surface area contributed by atoms with Crippen molar-refractivity contribution in [2.75, 3.05) is 18.9 Å². The minimum absolute atomic E-state index is 0.0772. The Balaban J connectivity index is 2.46. The van der Waals surface area contributed by atoms with E-state index in [4.69, 9.17) is 28.3 Å². The van der Waals surface area contributed by atoms with Gasteiger partial charge in [-0.3, -0.25) is 14.5 Å². The molecule has 4 nitrogen and oxygen atoms in total. The largest absolute Gasteiger partial charge is 0.396 e. The first-order valence-electron chi connectivity index (χ1n) is 7.30. The summed E-state index contributed by atoms with van der Waals surface area (Å²) in [4.78, 5) is 26.9. The van der Waals surface area contributed by atoms with Crippen molar-refractivity contribution in [3.63, 3.8) is 0 Å². The number of carbonyl (C=O) groups excluding carboxylic acids is 2. The fourth-order valence-electron chi connectivity index (χ4n) is 2.28. The number of nitrogens with zero attached hydrogens (tertiary/aromatic N) is 1. The van der Waals surface area contributed by atoms with E-state index in [2.05, 4.69) is 0 Å². The molecular formula is C16H17Cl2NO3S. The number of benzene rings is 1. The number of halogens is 2. The molecule has 0 saturated heterocycles. The van der Waals surface area contributed by atoms with Gasteiger partial charge in [-0.15, -0.1) is 11.8 Å². The zero-order valence-electron chi connectivity index (χ0n) is 12.6. The van der Waals surface area contributed by atoms with E-state index >= 15 is 0 Å². The number of hydrogen-bond acceptors (Lipinski definition) is 4. The predicted octanol–water partition coefficient (Wildman–Crippen LogP) is 3.60. The number of thioether (sulfide) groups is 1. The first kappa shape index (κ1) is 18.3. The van der Waals surface area contributed by atoms with Gasteiger partial charge in [-0.2, -0.15) is 0 Å². The number of imide groups is 1. The van der Waals surface area contributed by atoms with Crippen LogP contribution >= 0.6 is 35.0 Å². The summed E-state index contributed by atoms with van der Waals surface area (Å²) in [5.74, 6) is -0.318. The highest BCUT2D eigenvalue weighted by atomic mass is 35.5. The first-order chi connectivity index (χ1) is 11.0. The lowest BCUT2D eigenvalue weighted by Crippen LogP contribution is -2.32. The van der Waals surface area contributed by atoms with Crippen molar-refractivity contribution in [3.05, 3.63) is 38.7 Å². The molecule has 0 radical (unpaired) electrons. The molecule has 0 fully saturated rings. The zero-order valence-corrected chi connectivity index (χ0v) is 15.0. The molecule has 1 aliphatic heterocycles. The molecule has 1 aliphatic rings. The van der Waals surface area contributed by atoms with Crippen LogP contribution in [0.25, 0.3) is 5.57 Å². The maximum Gasteiger partial charge on any atom is 0.267 e. The van der Waals surface area contributed by atoms with Gasteiger partial charge in [-0.1, -0.05) is 42.6 Å². The Morgan fingerprint density at radius 2 is 1.96 bits per heavy atom. The highest BCUT2D eigenvalue weighted by molar-refractivity contribution is 8.04. The summed E-state index contributed by atoms with van der Waals surface area (Å²) < 4.78 is 0. The van der Waals surface area contributed by atoms with Gasteiger partial charge >= 0.3 is 0 Å². The van der Waals surface area contributed by atoms with Crippen molar-refractivity contribution in [1.82, 2.24) is 4.90 Å². The van der Waals surface area contributed by atoms with Gasteiger partial charge in [0.1, 0.15) is 0 Å². The van der Waals surface area contributed by atoms with Crippen LogP contribution in [0.2, 0.25) is 10.0 Å². The quantitative estimate of drug-likeness (QED) is 0.741. The van der Waals surface area contributed by atoms with E-state index in [0.717, 1.165) is 12.8 Å². The van der Waals surface area contributed by atoms with E-state index in [1.165, 1.54) is 16.7 Å². The fraction of sp³-hybridized carbons (Fsp3) is 0.375. The number of rotatable bonds is 7. The molecule has 2 amide bonds. The Morgan fingerprint density at radius 3 is 2.57 bits per heavy atom. The number of aliphatic hydroxyl groups is 1. The highest BCUT2D eigenvalue weighted by Gasteiger charge is 2.39. The first-order valence-corrected chi connectivity index (χ1v) is 9.05. The molecule has 0 unspecified atom stereocenters. The fourth-order valence-corrected chi connectivity index (χ4v) is 3.66. The van der Waals surface area contributed by atoms with Crippen LogP contribution in [0.5, 0.6) is 0 Å². The number of carbonyl (C=O) groups is 2. The van der Waals surface area contributed by atoms with Crippen LogP contribution < -0.4 is 0 Å². The molecule has 2 rings (SSSR count). The van der Waals surface area contributed by atoms with Crippen LogP contribution in [-0.4, -0.2) is 40.7 Å². The Morgan fingerprint density at radius 1 is 1.22 bits per heavy atom. The molecule has 0 aliphatic carbocycles. The monoisotopic (exact) mass is 373 g/mol. The smallest absolute Gasteiger partial charge is 0.267 e. The molecule has 1 aromatic rings. The molecule has 0 spiro atoms. The Bertz CT molecular complexity index is 661. The van der Waals surface area contributed by atoms with Gasteiger partial charge in [0.2, 0.25) is 0 Å². The second-order valence-corrected chi connectivity index (χ2v) is 6.96. The predicted molar refractivity (Wildman–Crippen MR) is 94.6 cm³/mol. The van der Waals surface area contributed by atoms with E-state index in [9.17, 15) is 9.59 Å². The average molecular weight is 374 g/mol. The Hall–Kier alpha value is -1.01. The maximum absolute atomic E-state index is 12.7. The summed E-state index contributed by atoms with van der Waals surface area (Å²) in [7, 11) is 0. The molecule has 124 valence electrons. The van der Waals surface area contributed by atoms with Crippen molar-refractivity contribution in [3.8, 4) is 0 Å². The standard InChI is InChI=1S/C16H17Cl2NO3S/c1-2-3-6-19-15(21)13(14(16(19)22)23-8-7-20)11-5-4-10(17)9-12(11)18/h4-5,9,20H,2-3,6-8H2,1H3. The number of amides is 2. The van der Waals surface area contributed by atoms with Crippen molar-refractivity contribution in [2.24, 2.45) is 0 Å². The highest BCUT2D eigenvalue weighted by Crippen LogP contribution is 2.39. The SMILES string of the molecule is CCCCN1C(=O)C(SCCO)=C(c2ccc(Cl)cc2Cl)C1=O. The van der Waals surface area contributed by atoms with Gasteiger partial charge < -0.3 is 5.11 Å². The van der Waals surface area contributed by atoms with Gasteiger partial charge in [0.15, 0.2) is 0 Å². The lowest BCUT2D eigenvalue weighted by Gasteiger charge is -2.14. The second-order valence-electron chi connectivity index (χ2n) is 5.02. The van der Waals surface area contributed by atoms with Gasteiger partial charge in [-0.05, 0) is 18.6 Å². The molecule has 0 atom stereocenters. The Kier molecular flexibility index (Phi) is 6.53. The van der Waals surface area contributed by atoms with Crippen LogP contribution in [0.1, 0.15) is 25.3 Å². The van der Waals surface area contributed by atoms with Crippen LogP contribution in [0.3, 0.4) is 0 Å².